The molecule has 16 heavy (non-hydrogen) atoms. The van der Waals surface area contributed by atoms with Crippen molar-refractivity contribution in [3.05, 3.63) is 35.8 Å². The maximum Gasteiger partial charge on any atom is 0.354 e. The zero-order chi connectivity index (χ0) is 11.7. The third-order valence-corrected chi connectivity index (χ3v) is 2.14. The van der Waals surface area contributed by atoms with E-state index < -0.39 is 11.9 Å². The van der Waals surface area contributed by atoms with E-state index >= 15 is 0 Å². The molecule has 0 radical (unpaired) electrons. The fourth-order valence-corrected chi connectivity index (χ4v) is 1.46. The van der Waals surface area contributed by atoms with Gasteiger partial charge in [0.25, 0.3) is 0 Å². The van der Waals surface area contributed by atoms with Gasteiger partial charge < -0.3 is 10.2 Å². The Bertz CT molecular complexity index is 573. The number of rotatable bonds is 3. The van der Waals surface area contributed by atoms with Crippen LogP contribution in [0.5, 0.6) is 0 Å². The van der Waals surface area contributed by atoms with Crippen LogP contribution in [-0.2, 0) is 11.2 Å². The van der Waals surface area contributed by atoms with Crippen molar-refractivity contribution in [2.45, 2.75) is 6.42 Å². The van der Waals surface area contributed by atoms with Gasteiger partial charge in [-0.1, -0.05) is 6.07 Å². The molecule has 0 saturated heterocycles. The fourth-order valence-electron chi connectivity index (χ4n) is 1.46. The van der Waals surface area contributed by atoms with E-state index in [9.17, 15) is 9.59 Å². The first-order valence-electron chi connectivity index (χ1n) is 4.49. The van der Waals surface area contributed by atoms with E-state index in [-0.39, 0.29) is 12.1 Å². The Morgan fingerprint density at radius 1 is 1.31 bits per heavy atom. The number of aromatic nitrogens is 2. The summed E-state index contributed by atoms with van der Waals surface area (Å²) in [4.78, 5) is 25.2. The maximum absolute atomic E-state index is 10.8. The molecule has 0 atom stereocenters. The van der Waals surface area contributed by atoms with Crippen LogP contribution in [0, 0.1) is 0 Å². The molecule has 0 aromatic carbocycles. The van der Waals surface area contributed by atoms with Crippen LogP contribution in [0.25, 0.3) is 5.65 Å². The topological polar surface area (TPSA) is 91.9 Å². The molecule has 0 unspecified atom stereocenters. The Kier molecular flexibility index (Phi) is 2.32. The third-order valence-electron chi connectivity index (χ3n) is 2.14. The third kappa shape index (κ3) is 1.72. The highest BCUT2D eigenvalue weighted by atomic mass is 16.4. The standard InChI is InChI=1S/C10H8N2O4/c13-9(14)3-6-1-2-8-11-4-7(10(15)16)12(8)5-6/h1-2,4-5H,3H2,(H,13,14)(H,15,16). The van der Waals surface area contributed by atoms with E-state index in [0.29, 0.717) is 11.2 Å². The first-order chi connectivity index (χ1) is 7.58. The highest BCUT2D eigenvalue weighted by Gasteiger charge is 2.11. The van der Waals surface area contributed by atoms with Crippen molar-refractivity contribution in [1.82, 2.24) is 9.38 Å². The molecule has 0 aliphatic rings. The van der Waals surface area contributed by atoms with Gasteiger partial charge in [0.2, 0.25) is 0 Å². The fraction of sp³-hybridized carbons (Fsp3) is 0.100. The lowest BCUT2D eigenvalue weighted by molar-refractivity contribution is -0.136. The number of nitrogens with zero attached hydrogens (tertiary/aromatic N) is 2. The maximum atomic E-state index is 10.8. The molecule has 0 fully saturated rings. The van der Waals surface area contributed by atoms with Crippen molar-refractivity contribution in [3.8, 4) is 0 Å². The number of carboxylic acids is 2. The Labute approximate surface area is 89.8 Å². The van der Waals surface area contributed by atoms with Crippen LogP contribution in [0.1, 0.15) is 16.1 Å². The number of carboxylic acid groups (broad SMARTS) is 2. The van der Waals surface area contributed by atoms with E-state index in [0.717, 1.165) is 0 Å². The summed E-state index contributed by atoms with van der Waals surface area (Å²) in [5.41, 5.74) is 1.02. The van der Waals surface area contributed by atoms with Crippen LogP contribution >= 0.6 is 0 Å². The van der Waals surface area contributed by atoms with Crippen molar-refractivity contribution in [1.29, 1.82) is 0 Å². The van der Waals surface area contributed by atoms with Gasteiger partial charge in [0.05, 0.1) is 12.6 Å². The van der Waals surface area contributed by atoms with Crippen LogP contribution in [0.4, 0.5) is 0 Å². The molecule has 0 saturated carbocycles. The summed E-state index contributed by atoms with van der Waals surface area (Å²) in [7, 11) is 0. The van der Waals surface area contributed by atoms with Crippen LogP contribution in [-0.4, -0.2) is 31.5 Å². The summed E-state index contributed by atoms with van der Waals surface area (Å²) in [6.45, 7) is 0. The molecule has 0 spiro atoms. The summed E-state index contributed by atoms with van der Waals surface area (Å²) >= 11 is 0. The normalized spacial score (nSPS) is 10.5. The van der Waals surface area contributed by atoms with Gasteiger partial charge in [-0.25, -0.2) is 9.78 Å². The van der Waals surface area contributed by atoms with Gasteiger partial charge in [-0.15, -0.1) is 0 Å². The Morgan fingerprint density at radius 3 is 2.69 bits per heavy atom. The molecule has 0 aliphatic carbocycles. The number of hydrogen-bond donors (Lipinski definition) is 2. The summed E-state index contributed by atoms with van der Waals surface area (Å²) in [6.07, 6.45) is 2.56. The second-order valence-electron chi connectivity index (χ2n) is 3.28. The Hall–Kier alpha value is -2.37. The molecule has 0 bridgehead atoms. The first kappa shape index (κ1) is 10.2. The number of pyridine rings is 1. The predicted molar refractivity (Wildman–Crippen MR) is 53.5 cm³/mol. The van der Waals surface area contributed by atoms with Crippen molar-refractivity contribution in [3.63, 3.8) is 0 Å². The molecule has 6 heteroatoms. The molecular formula is C10H8N2O4. The van der Waals surface area contributed by atoms with Crippen LogP contribution in [0.2, 0.25) is 0 Å². The number of aliphatic carboxylic acids is 1. The molecule has 0 aliphatic heterocycles. The van der Waals surface area contributed by atoms with Crippen LogP contribution in [0.15, 0.2) is 24.5 Å². The summed E-state index contributed by atoms with van der Waals surface area (Å²) < 4.78 is 1.36. The highest BCUT2D eigenvalue weighted by molar-refractivity contribution is 5.86. The van der Waals surface area contributed by atoms with E-state index in [1.807, 2.05) is 0 Å². The molecule has 2 heterocycles. The van der Waals surface area contributed by atoms with Gasteiger partial charge in [-0.3, -0.25) is 9.20 Å². The van der Waals surface area contributed by atoms with Crippen molar-refractivity contribution in [2.24, 2.45) is 0 Å². The van der Waals surface area contributed by atoms with E-state index in [1.165, 1.54) is 16.8 Å². The lowest BCUT2D eigenvalue weighted by Gasteiger charge is -2.00. The minimum absolute atomic E-state index is 0.0160. The minimum atomic E-state index is -1.10. The Balaban J connectivity index is 2.54. The van der Waals surface area contributed by atoms with Gasteiger partial charge >= 0.3 is 11.9 Å². The Morgan fingerprint density at radius 2 is 2.06 bits per heavy atom. The van der Waals surface area contributed by atoms with Crippen LogP contribution in [0.3, 0.4) is 0 Å². The van der Waals surface area contributed by atoms with Gasteiger partial charge in [-0.05, 0) is 11.6 Å². The lowest BCUT2D eigenvalue weighted by atomic mass is 10.2. The summed E-state index contributed by atoms with van der Waals surface area (Å²) in [5.74, 6) is -2.06. The highest BCUT2D eigenvalue weighted by Crippen LogP contribution is 2.09. The summed E-state index contributed by atoms with van der Waals surface area (Å²) in [5, 5.41) is 17.5. The van der Waals surface area contributed by atoms with E-state index in [4.69, 9.17) is 10.2 Å². The quantitative estimate of drug-likeness (QED) is 0.792. The molecule has 2 aromatic heterocycles. The average molecular weight is 220 g/mol. The molecule has 2 rings (SSSR count). The van der Waals surface area contributed by atoms with Gasteiger partial charge in [0, 0.05) is 6.20 Å². The molecule has 2 N–H and O–H groups in total. The van der Waals surface area contributed by atoms with Crippen LogP contribution < -0.4 is 0 Å². The first-order valence-corrected chi connectivity index (χ1v) is 4.49. The number of fused-ring (bicyclic) bond motifs is 1. The second kappa shape index (κ2) is 3.65. The van der Waals surface area contributed by atoms with Crippen molar-refractivity contribution < 1.29 is 19.8 Å². The smallest absolute Gasteiger partial charge is 0.354 e. The summed E-state index contributed by atoms with van der Waals surface area (Å²) in [6, 6.07) is 3.20. The van der Waals surface area contributed by atoms with Crippen molar-refractivity contribution >= 4 is 17.6 Å². The largest absolute Gasteiger partial charge is 0.481 e. The zero-order valence-electron chi connectivity index (χ0n) is 8.12. The monoisotopic (exact) mass is 220 g/mol. The number of imidazole rings is 1. The molecule has 82 valence electrons. The van der Waals surface area contributed by atoms with Gasteiger partial charge in [-0.2, -0.15) is 0 Å². The lowest BCUT2D eigenvalue weighted by Crippen LogP contribution is -2.04. The van der Waals surface area contributed by atoms with Gasteiger partial charge in [0.1, 0.15) is 5.65 Å². The number of hydrogen-bond acceptors (Lipinski definition) is 3. The van der Waals surface area contributed by atoms with Gasteiger partial charge in [0.15, 0.2) is 5.69 Å². The van der Waals surface area contributed by atoms with E-state index in [1.54, 1.807) is 12.1 Å². The molecular weight excluding hydrogens is 212 g/mol. The second-order valence-corrected chi connectivity index (χ2v) is 3.28. The molecule has 2 aromatic rings. The predicted octanol–water partition coefficient (Wildman–Crippen LogP) is 0.660. The SMILES string of the molecule is O=C(O)Cc1ccc2ncc(C(=O)O)n2c1. The minimum Gasteiger partial charge on any atom is -0.481 e. The number of aromatic carboxylic acids is 1. The molecule has 6 nitrogen and oxygen atoms in total. The van der Waals surface area contributed by atoms with Crippen molar-refractivity contribution in [2.75, 3.05) is 0 Å². The zero-order valence-corrected chi connectivity index (χ0v) is 8.12. The van der Waals surface area contributed by atoms with E-state index in [2.05, 4.69) is 4.98 Å². The number of carbonyl (C=O) groups is 2. The molecule has 0 amide bonds. The average Bonchev–Trinajstić information content (AvgIpc) is 2.59.